The molecule has 4 rings (SSSR count). The number of carbonyl (C=O) groups excluding carboxylic acids is 1. The number of amides is 1. The average Bonchev–Trinajstić information content (AvgIpc) is 3.27. The van der Waals surface area contributed by atoms with Gasteiger partial charge in [0, 0.05) is 47.2 Å². The predicted molar refractivity (Wildman–Crippen MR) is 109 cm³/mol. The highest BCUT2D eigenvalue weighted by molar-refractivity contribution is 9.10. The van der Waals surface area contributed by atoms with Crippen LogP contribution in [0.4, 0.5) is 0 Å². The lowest BCUT2D eigenvalue weighted by atomic mass is 10.0. The van der Waals surface area contributed by atoms with Gasteiger partial charge in [-0.1, -0.05) is 19.1 Å². The van der Waals surface area contributed by atoms with Crippen LogP contribution in [0.25, 0.3) is 10.9 Å². The Kier molecular flexibility index (Phi) is 5.07. The van der Waals surface area contributed by atoms with Crippen molar-refractivity contribution >= 4 is 42.8 Å². The van der Waals surface area contributed by atoms with Crippen LogP contribution in [0.5, 0.6) is 0 Å². The minimum atomic E-state index is -3.36. The first-order chi connectivity index (χ1) is 12.9. The van der Waals surface area contributed by atoms with Gasteiger partial charge in [0.1, 0.15) is 6.04 Å². The summed E-state index contributed by atoms with van der Waals surface area (Å²) in [6, 6.07) is 5.52. The van der Waals surface area contributed by atoms with Gasteiger partial charge in [-0.05, 0) is 41.3 Å². The van der Waals surface area contributed by atoms with Crippen molar-refractivity contribution in [2.75, 3.05) is 18.8 Å². The fourth-order valence-electron chi connectivity index (χ4n) is 4.30. The third kappa shape index (κ3) is 3.32. The fourth-order valence-corrected chi connectivity index (χ4v) is 6.50. The van der Waals surface area contributed by atoms with E-state index in [1.54, 1.807) is 0 Å². The maximum Gasteiger partial charge on any atom is 0.241 e. The van der Waals surface area contributed by atoms with Crippen molar-refractivity contribution in [1.29, 1.82) is 0 Å². The Hall–Kier alpha value is -1.38. The Labute approximate surface area is 168 Å². The summed E-state index contributed by atoms with van der Waals surface area (Å²) in [5, 5.41) is 1.12. The second-order valence-electron chi connectivity index (χ2n) is 7.34. The van der Waals surface area contributed by atoms with E-state index in [0.717, 1.165) is 33.8 Å². The van der Waals surface area contributed by atoms with Crippen LogP contribution in [-0.4, -0.2) is 53.4 Å². The number of sulfonamides is 1. The van der Waals surface area contributed by atoms with Gasteiger partial charge in [-0.15, -0.1) is 0 Å². The predicted octanol–water partition coefficient (Wildman–Crippen LogP) is 3.02. The van der Waals surface area contributed by atoms with Crippen LogP contribution >= 0.6 is 15.9 Å². The molecular formula is C19H24BrN3O3S. The second kappa shape index (κ2) is 7.22. The lowest BCUT2D eigenvalue weighted by Crippen LogP contribution is -2.49. The van der Waals surface area contributed by atoms with Crippen molar-refractivity contribution in [2.45, 2.75) is 45.2 Å². The molecule has 2 aromatic rings. The number of nitrogens with one attached hydrogen (secondary N) is 1. The van der Waals surface area contributed by atoms with Gasteiger partial charge in [0.25, 0.3) is 0 Å². The Morgan fingerprint density at radius 3 is 2.93 bits per heavy atom. The minimum Gasteiger partial charge on any atom is -0.357 e. The maximum absolute atomic E-state index is 13.2. The van der Waals surface area contributed by atoms with Crippen molar-refractivity contribution in [1.82, 2.24) is 14.2 Å². The summed E-state index contributed by atoms with van der Waals surface area (Å²) in [5.74, 6) is 0.0550. The van der Waals surface area contributed by atoms with Gasteiger partial charge in [-0.2, -0.15) is 4.31 Å². The zero-order valence-electron chi connectivity index (χ0n) is 15.4. The number of para-hydroxylation sites is 1. The standard InChI is InChI=1S/C19H24BrN3O3S/c1-2-11-27(25,26)23-9-4-7-17(23)19(24)22-10-8-16-14(12-22)13-5-3-6-15(20)18(13)21-16/h3,5-6,17,21H,2,4,7-12H2,1H3. The van der Waals surface area contributed by atoms with E-state index >= 15 is 0 Å². The molecule has 8 heteroatoms. The number of aromatic nitrogens is 1. The first-order valence-electron chi connectivity index (χ1n) is 9.48. The van der Waals surface area contributed by atoms with E-state index in [-0.39, 0.29) is 11.7 Å². The molecule has 146 valence electrons. The number of hydrogen-bond acceptors (Lipinski definition) is 3. The van der Waals surface area contributed by atoms with Crippen LogP contribution < -0.4 is 0 Å². The van der Waals surface area contributed by atoms with Gasteiger partial charge in [0.15, 0.2) is 0 Å². The van der Waals surface area contributed by atoms with Gasteiger partial charge in [0.2, 0.25) is 15.9 Å². The highest BCUT2D eigenvalue weighted by Gasteiger charge is 2.40. The molecule has 0 saturated carbocycles. The SMILES string of the molecule is CCCS(=O)(=O)N1CCCC1C(=O)N1CCc2[nH]c3c(Br)cccc3c2C1. The largest absolute Gasteiger partial charge is 0.357 e. The number of carbonyl (C=O) groups is 1. The van der Waals surface area contributed by atoms with Crippen LogP contribution in [-0.2, 0) is 27.8 Å². The molecule has 1 unspecified atom stereocenters. The van der Waals surface area contributed by atoms with Crippen molar-refractivity contribution in [3.63, 3.8) is 0 Å². The average molecular weight is 454 g/mol. The maximum atomic E-state index is 13.2. The molecule has 6 nitrogen and oxygen atoms in total. The van der Waals surface area contributed by atoms with E-state index in [1.807, 2.05) is 24.0 Å². The van der Waals surface area contributed by atoms with E-state index in [2.05, 4.69) is 27.0 Å². The summed E-state index contributed by atoms with van der Waals surface area (Å²) >= 11 is 3.58. The second-order valence-corrected chi connectivity index (χ2v) is 10.2. The molecule has 2 aliphatic rings. The molecule has 27 heavy (non-hydrogen) atoms. The summed E-state index contributed by atoms with van der Waals surface area (Å²) in [4.78, 5) is 18.5. The monoisotopic (exact) mass is 453 g/mol. The molecule has 2 aliphatic heterocycles. The van der Waals surface area contributed by atoms with Crippen LogP contribution in [0.15, 0.2) is 22.7 Å². The number of halogens is 1. The van der Waals surface area contributed by atoms with Crippen LogP contribution in [0, 0.1) is 0 Å². The van der Waals surface area contributed by atoms with E-state index in [1.165, 1.54) is 10.00 Å². The lowest BCUT2D eigenvalue weighted by Gasteiger charge is -2.32. The molecule has 0 spiro atoms. The third-order valence-electron chi connectivity index (χ3n) is 5.58. The normalized spacial score (nSPS) is 21.0. The molecule has 1 aromatic heterocycles. The number of benzene rings is 1. The molecule has 1 saturated heterocycles. The van der Waals surface area contributed by atoms with Crippen LogP contribution in [0.2, 0.25) is 0 Å². The zero-order chi connectivity index (χ0) is 19.2. The van der Waals surface area contributed by atoms with Crippen molar-refractivity contribution < 1.29 is 13.2 Å². The summed E-state index contributed by atoms with van der Waals surface area (Å²) in [5.41, 5.74) is 3.37. The number of rotatable bonds is 4. The van der Waals surface area contributed by atoms with E-state index in [0.29, 0.717) is 32.5 Å². The summed E-state index contributed by atoms with van der Waals surface area (Å²) in [6.45, 7) is 3.46. The van der Waals surface area contributed by atoms with E-state index in [4.69, 9.17) is 0 Å². The third-order valence-corrected chi connectivity index (χ3v) is 8.32. The first-order valence-corrected chi connectivity index (χ1v) is 11.9. The first kappa shape index (κ1) is 19.0. The Balaban J connectivity index is 1.59. The van der Waals surface area contributed by atoms with Gasteiger partial charge < -0.3 is 9.88 Å². The van der Waals surface area contributed by atoms with E-state index < -0.39 is 16.1 Å². The van der Waals surface area contributed by atoms with Crippen molar-refractivity contribution in [3.8, 4) is 0 Å². The van der Waals surface area contributed by atoms with Crippen molar-refractivity contribution in [3.05, 3.63) is 33.9 Å². The molecular weight excluding hydrogens is 430 g/mol. The lowest BCUT2D eigenvalue weighted by molar-refractivity contribution is -0.135. The summed E-state index contributed by atoms with van der Waals surface area (Å²) < 4.78 is 27.5. The van der Waals surface area contributed by atoms with E-state index in [9.17, 15) is 13.2 Å². The number of fused-ring (bicyclic) bond motifs is 3. The molecule has 0 radical (unpaired) electrons. The molecule has 1 amide bonds. The Bertz CT molecular complexity index is 985. The molecule has 1 atom stereocenters. The Morgan fingerprint density at radius 1 is 1.33 bits per heavy atom. The topological polar surface area (TPSA) is 73.5 Å². The molecule has 0 aliphatic carbocycles. The van der Waals surface area contributed by atoms with Crippen LogP contribution in [0.1, 0.15) is 37.4 Å². The smallest absolute Gasteiger partial charge is 0.241 e. The van der Waals surface area contributed by atoms with Gasteiger partial charge in [-0.25, -0.2) is 8.42 Å². The van der Waals surface area contributed by atoms with Crippen molar-refractivity contribution in [2.24, 2.45) is 0 Å². The molecule has 1 aromatic carbocycles. The highest BCUT2D eigenvalue weighted by atomic mass is 79.9. The quantitative estimate of drug-likeness (QED) is 0.772. The minimum absolute atomic E-state index is 0.0535. The number of H-pyrrole nitrogens is 1. The summed E-state index contributed by atoms with van der Waals surface area (Å²) in [6.07, 6.45) is 2.69. The molecule has 1 fully saturated rings. The molecule has 1 N–H and O–H groups in total. The van der Waals surface area contributed by atoms with Crippen LogP contribution in [0.3, 0.4) is 0 Å². The number of aromatic amines is 1. The number of hydrogen-bond donors (Lipinski definition) is 1. The zero-order valence-corrected chi connectivity index (χ0v) is 17.8. The fraction of sp³-hybridized carbons (Fsp3) is 0.526. The summed E-state index contributed by atoms with van der Waals surface area (Å²) in [7, 11) is -3.36. The molecule has 3 heterocycles. The Morgan fingerprint density at radius 2 is 2.15 bits per heavy atom. The van der Waals surface area contributed by atoms with Gasteiger partial charge in [-0.3, -0.25) is 4.79 Å². The van der Waals surface area contributed by atoms with Gasteiger partial charge in [0.05, 0.1) is 11.3 Å². The van der Waals surface area contributed by atoms with Gasteiger partial charge >= 0.3 is 0 Å². The molecule has 0 bridgehead atoms. The highest BCUT2D eigenvalue weighted by Crippen LogP contribution is 2.33. The number of nitrogens with zero attached hydrogens (tertiary/aromatic N) is 2.